The van der Waals surface area contributed by atoms with E-state index in [4.69, 9.17) is 4.74 Å². The topological polar surface area (TPSA) is 44.4 Å². The quantitative estimate of drug-likeness (QED) is 0.942. The number of aryl methyl sites for hydroxylation is 1. The van der Waals surface area contributed by atoms with Gasteiger partial charge in [0.15, 0.2) is 0 Å². The molecule has 23 heavy (non-hydrogen) atoms. The summed E-state index contributed by atoms with van der Waals surface area (Å²) in [6.45, 7) is 10.7. The van der Waals surface area contributed by atoms with E-state index in [2.05, 4.69) is 52.7 Å². The minimum absolute atomic E-state index is 0.0804. The Labute approximate surface area is 138 Å². The molecule has 0 amide bonds. The molecule has 0 atom stereocenters. The fourth-order valence-corrected chi connectivity index (χ4v) is 3.39. The van der Waals surface area contributed by atoms with Crippen LogP contribution in [0.2, 0.25) is 0 Å². The normalized spacial score (nSPS) is 18.2. The third kappa shape index (κ3) is 3.34. The Balaban J connectivity index is 1.70. The summed E-state index contributed by atoms with van der Waals surface area (Å²) in [5, 5.41) is 0. The number of methoxy groups -OCH3 is 1. The third-order valence-electron chi connectivity index (χ3n) is 4.67. The minimum Gasteiger partial charge on any atom is -0.497 e. The number of H-pyrrole nitrogens is 1. The highest BCUT2D eigenvalue weighted by Crippen LogP contribution is 2.29. The Morgan fingerprint density at radius 3 is 2.52 bits per heavy atom. The molecule has 1 saturated heterocycles. The number of anilines is 1. The van der Waals surface area contributed by atoms with Crippen molar-refractivity contribution in [2.45, 2.75) is 32.9 Å². The lowest BCUT2D eigenvalue weighted by Crippen LogP contribution is -2.59. The Morgan fingerprint density at radius 2 is 1.96 bits per heavy atom. The van der Waals surface area contributed by atoms with Gasteiger partial charge in [-0.3, -0.25) is 4.90 Å². The van der Waals surface area contributed by atoms with Crippen molar-refractivity contribution in [3.8, 4) is 5.75 Å². The second-order valence-electron chi connectivity index (χ2n) is 6.85. The van der Waals surface area contributed by atoms with E-state index in [0.717, 1.165) is 37.6 Å². The molecule has 3 rings (SSSR count). The van der Waals surface area contributed by atoms with Gasteiger partial charge in [0.25, 0.3) is 0 Å². The van der Waals surface area contributed by atoms with Gasteiger partial charge in [0.05, 0.1) is 19.1 Å². The van der Waals surface area contributed by atoms with Crippen LogP contribution in [0.4, 0.5) is 5.69 Å². The van der Waals surface area contributed by atoms with E-state index in [-0.39, 0.29) is 5.54 Å². The molecule has 1 fully saturated rings. The second kappa shape index (κ2) is 6.24. The van der Waals surface area contributed by atoms with Crippen molar-refractivity contribution in [1.29, 1.82) is 0 Å². The van der Waals surface area contributed by atoms with Gasteiger partial charge in [-0.2, -0.15) is 0 Å². The molecular weight excluding hydrogens is 288 g/mol. The smallest absolute Gasteiger partial charge is 0.119 e. The van der Waals surface area contributed by atoms with Crippen LogP contribution in [0, 0.1) is 6.92 Å². The first-order chi connectivity index (χ1) is 11.0. The summed E-state index contributed by atoms with van der Waals surface area (Å²) in [6.07, 6.45) is 1.78. The summed E-state index contributed by atoms with van der Waals surface area (Å²) in [5.41, 5.74) is 3.65. The molecule has 0 radical (unpaired) electrons. The second-order valence-corrected chi connectivity index (χ2v) is 6.85. The molecule has 5 nitrogen and oxygen atoms in total. The SMILES string of the molecule is COc1ccc(N2CCN(Cc3nc[nH]c3C)CC2(C)C)cc1. The highest BCUT2D eigenvalue weighted by atomic mass is 16.5. The van der Waals surface area contributed by atoms with E-state index in [1.807, 2.05) is 12.1 Å². The fourth-order valence-electron chi connectivity index (χ4n) is 3.39. The lowest BCUT2D eigenvalue weighted by molar-refractivity contribution is 0.174. The predicted molar refractivity (Wildman–Crippen MR) is 93.0 cm³/mol. The van der Waals surface area contributed by atoms with Crippen molar-refractivity contribution in [2.75, 3.05) is 31.6 Å². The standard InChI is InChI=1S/C18H26N4O/c1-14-17(20-13-19-14)11-21-9-10-22(18(2,3)12-21)15-5-7-16(23-4)8-6-15/h5-8,13H,9-12H2,1-4H3,(H,19,20). The zero-order chi connectivity index (χ0) is 16.4. The van der Waals surface area contributed by atoms with Gasteiger partial charge in [-0.25, -0.2) is 4.98 Å². The maximum Gasteiger partial charge on any atom is 0.119 e. The van der Waals surface area contributed by atoms with E-state index in [0.29, 0.717) is 0 Å². The molecule has 2 aromatic rings. The maximum absolute atomic E-state index is 5.26. The summed E-state index contributed by atoms with van der Waals surface area (Å²) < 4.78 is 5.26. The van der Waals surface area contributed by atoms with Crippen LogP contribution in [0.15, 0.2) is 30.6 Å². The molecule has 1 aromatic carbocycles. The number of nitrogens with one attached hydrogen (secondary N) is 1. The van der Waals surface area contributed by atoms with E-state index >= 15 is 0 Å². The van der Waals surface area contributed by atoms with Crippen LogP contribution >= 0.6 is 0 Å². The zero-order valence-electron chi connectivity index (χ0n) is 14.5. The van der Waals surface area contributed by atoms with E-state index in [1.165, 1.54) is 11.4 Å². The molecule has 1 aliphatic rings. The number of nitrogens with zero attached hydrogens (tertiary/aromatic N) is 3. The van der Waals surface area contributed by atoms with Gasteiger partial charge in [-0.15, -0.1) is 0 Å². The molecule has 0 saturated carbocycles. The molecule has 0 bridgehead atoms. The van der Waals surface area contributed by atoms with Crippen LogP contribution in [0.3, 0.4) is 0 Å². The Hall–Kier alpha value is -2.01. The molecular formula is C18H26N4O. The summed E-state index contributed by atoms with van der Waals surface area (Å²) in [6, 6.07) is 8.36. The van der Waals surface area contributed by atoms with Crippen LogP contribution in [0.1, 0.15) is 25.2 Å². The number of ether oxygens (including phenoxy) is 1. The minimum atomic E-state index is 0.0804. The van der Waals surface area contributed by atoms with Crippen LogP contribution in [0.5, 0.6) is 5.75 Å². The average Bonchev–Trinajstić information content (AvgIpc) is 2.92. The highest BCUT2D eigenvalue weighted by Gasteiger charge is 2.34. The first-order valence-electron chi connectivity index (χ1n) is 8.12. The number of rotatable bonds is 4. The lowest BCUT2D eigenvalue weighted by atomic mass is 9.97. The summed E-state index contributed by atoms with van der Waals surface area (Å²) in [7, 11) is 1.70. The number of hydrogen-bond donors (Lipinski definition) is 1. The first kappa shape index (κ1) is 15.9. The van der Waals surface area contributed by atoms with Crippen molar-refractivity contribution in [2.24, 2.45) is 0 Å². The zero-order valence-corrected chi connectivity index (χ0v) is 14.5. The van der Waals surface area contributed by atoms with Crippen molar-refractivity contribution < 1.29 is 4.74 Å². The van der Waals surface area contributed by atoms with Gasteiger partial charge in [0.2, 0.25) is 0 Å². The molecule has 1 N–H and O–H groups in total. The molecule has 1 aromatic heterocycles. The number of imidazole rings is 1. The van der Waals surface area contributed by atoms with E-state index in [9.17, 15) is 0 Å². The molecule has 0 unspecified atom stereocenters. The van der Waals surface area contributed by atoms with Gasteiger partial charge < -0.3 is 14.6 Å². The van der Waals surface area contributed by atoms with E-state index < -0.39 is 0 Å². The van der Waals surface area contributed by atoms with Gasteiger partial charge in [0.1, 0.15) is 5.75 Å². The van der Waals surface area contributed by atoms with Crippen molar-refractivity contribution in [1.82, 2.24) is 14.9 Å². The number of piperazine rings is 1. The van der Waals surface area contributed by atoms with Crippen LogP contribution in [-0.2, 0) is 6.54 Å². The summed E-state index contributed by atoms with van der Waals surface area (Å²) >= 11 is 0. The molecule has 0 spiro atoms. The monoisotopic (exact) mass is 314 g/mol. The molecule has 124 valence electrons. The van der Waals surface area contributed by atoms with E-state index in [1.54, 1.807) is 13.4 Å². The number of aromatic amines is 1. The van der Waals surface area contributed by atoms with Crippen molar-refractivity contribution in [3.05, 3.63) is 42.0 Å². The molecule has 5 heteroatoms. The van der Waals surface area contributed by atoms with Gasteiger partial charge in [-0.05, 0) is 45.0 Å². The number of hydrogen-bond acceptors (Lipinski definition) is 4. The van der Waals surface area contributed by atoms with Crippen LogP contribution in [-0.4, -0.2) is 47.2 Å². The summed E-state index contributed by atoms with van der Waals surface area (Å²) in [4.78, 5) is 12.6. The summed E-state index contributed by atoms with van der Waals surface area (Å²) in [5.74, 6) is 0.902. The molecule has 0 aliphatic carbocycles. The number of benzene rings is 1. The number of aromatic nitrogens is 2. The van der Waals surface area contributed by atoms with Crippen LogP contribution in [0.25, 0.3) is 0 Å². The fraction of sp³-hybridized carbons (Fsp3) is 0.500. The van der Waals surface area contributed by atoms with Gasteiger partial charge in [-0.1, -0.05) is 0 Å². The molecule has 1 aliphatic heterocycles. The largest absolute Gasteiger partial charge is 0.497 e. The average molecular weight is 314 g/mol. The van der Waals surface area contributed by atoms with Gasteiger partial charge in [0, 0.05) is 43.1 Å². The van der Waals surface area contributed by atoms with Gasteiger partial charge >= 0.3 is 0 Å². The Morgan fingerprint density at radius 1 is 1.22 bits per heavy atom. The lowest BCUT2D eigenvalue weighted by Gasteiger charge is -2.48. The third-order valence-corrected chi connectivity index (χ3v) is 4.67. The maximum atomic E-state index is 5.26. The predicted octanol–water partition coefficient (Wildman–Crippen LogP) is 2.83. The Kier molecular flexibility index (Phi) is 4.31. The Bertz CT molecular complexity index is 647. The van der Waals surface area contributed by atoms with Crippen molar-refractivity contribution in [3.63, 3.8) is 0 Å². The highest BCUT2D eigenvalue weighted by molar-refractivity contribution is 5.51. The molecule has 2 heterocycles. The van der Waals surface area contributed by atoms with Crippen molar-refractivity contribution >= 4 is 5.69 Å². The van der Waals surface area contributed by atoms with Crippen LogP contribution < -0.4 is 9.64 Å². The first-order valence-corrected chi connectivity index (χ1v) is 8.12.